The summed E-state index contributed by atoms with van der Waals surface area (Å²) < 4.78 is 6.49. The molecule has 0 spiro atoms. The summed E-state index contributed by atoms with van der Waals surface area (Å²) >= 11 is 0. The molecule has 1 aromatic carbocycles. The second kappa shape index (κ2) is 7.44. The van der Waals surface area contributed by atoms with Gasteiger partial charge in [0.2, 0.25) is 11.8 Å². The summed E-state index contributed by atoms with van der Waals surface area (Å²) in [4.78, 5) is 23.9. The molecule has 0 bridgehead atoms. The van der Waals surface area contributed by atoms with Gasteiger partial charge < -0.3 is 15.4 Å². The number of anilines is 1. The Morgan fingerprint density at radius 3 is 2.57 bits per heavy atom. The number of rotatable bonds is 6. The first-order valence-electron chi connectivity index (χ1n) is 7.28. The van der Waals surface area contributed by atoms with Crippen molar-refractivity contribution < 1.29 is 14.3 Å². The summed E-state index contributed by atoms with van der Waals surface area (Å²) in [5, 5.41) is 9.27. The lowest BCUT2D eigenvalue weighted by Crippen LogP contribution is -2.32. The van der Waals surface area contributed by atoms with Crippen molar-refractivity contribution in [3.05, 3.63) is 41.6 Å². The van der Waals surface area contributed by atoms with Crippen LogP contribution in [0.5, 0.6) is 5.88 Å². The number of hydrogen-bond acceptors (Lipinski definition) is 4. The van der Waals surface area contributed by atoms with E-state index in [0.29, 0.717) is 5.69 Å². The predicted molar refractivity (Wildman–Crippen MR) is 86.5 cm³/mol. The number of methoxy groups -OCH3 is 1. The van der Waals surface area contributed by atoms with E-state index in [2.05, 4.69) is 22.7 Å². The molecule has 122 valence electrons. The highest BCUT2D eigenvalue weighted by molar-refractivity contribution is 6.00. The number of ether oxygens (including phenoxy) is 1. The average molecular weight is 316 g/mol. The molecule has 0 aliphatic rings. The minimum atomic E-state index is -0.411. The number of nitrogens with one attached hydrogen (secondary N) is 2. The Labute approximate surface area is 134 Å². The first-order chi connectivity index (χ1) is 11.0. The van der Waals surface area contributed by atoms with E-state index in [-0.39, 0.29) is 23.9 Å². The molecule has 0 saturated carbocycles. The van der Waals surface area contributed by atoms with Gasteiger partial charge >= 0.3 is 0 Å². The van der Waals surface area contributed by atoms with Gasteiger partial charge in [-0.1, -0.05) is 19.1 Å². The van der Waals surface area contributed by atoms with Crippen LogP contribution < -0.4 is 15.4 Å². The van der Waals surface area contributed by atoms with Crippen molar-refractivity contribution >= 4 is 17.5 Å². The van der Waals surface area contributed by atoms with E-state index in [1.54, 1.807) is 7.05 Å². The van der Waals surface area contributed by atoms with E-state index in [1.165, 1.54) is 23.6 Å². The maximum Gasteiger partial charge on any atom is 0.258 e. The number of aromatic nitrogens is 2. The maximum atomic E-state index is 12.1. The first-order valence-corrected chi connectivity index (χ1v) is 7.28. The zero-order valence-corrected chi connectivity index (χ0v) is 13.4. The lowest BCUT2D eigenvalue weighted by atomic mass is 10.1. The molecule has 0 unspecified atom stereocenters. The number of nitrogens with zero attached hydrogens (tertiary/aromatic N) is 2. The van der Waals surface area contributed by atoms with Crippen molar-refractivity contribution in [3.8, 4) is 5.88 Å². The van der Waals surface area contributed by atoms with E-state index in [0.717, 1.165) is 6.42 Å². The van der Waals surface area contributed by atoms with Crippen LogP contribution in [0.25, 0.3) is 0 Å². The highest BCUT2D eigenvalue weighted by atomic mass is 16.5. The maximum absolute atomic E-state index is 12.1. The number of carbonyl (C=O) groups excluding carboxylic acids is 2. The lowest BCUT2D eigenvalue weighted by Gasteiger charge is -2.07. The average Bonchev–Trinajstić information content (AvgIpc) is 2.94. The Morgan fingerprint density at radius 1 is 1.26 bits per heavy atom. The second-order valence-corrected chi connectivity index (χ2v) is 5.01. The van der Waals surface area contributed by atoms with Gasteiger partial charge in [0.15, 0.2) is 0 Å². The Balaban J connectivity index is 1.89. The normalized spacial score (nSPS) is 10.2. The first kappa shape index (κ1) is 16.5. The molecule has 2 N–H and O–H groups in total. The van der Waals surface area contributed by atoms with Crippen molar-refractivity contribution in [2.75, 3.05) is 19.0 Å². The fraction of sp³-hybridized carbons (Fsp3) is 0.312. The molecule has 0 aliphatic carbocycles. The largest absolute Gasteiger partial charge is 0.479 e. The number of carbonyl (C=O) groups is 2. The summed E-state index contributed by atoms with van der Waals surface area (Å²) in [5.74, 6) is -0.488. The molecule has 2 amide bonds. The van der Waals surface area contributed by atoms with Gasteiger partial charge in [0.1, 0.15) is 5.56 Å². The van der Waals surface area contributed by atoms with Crippen molar-refractivity contribution in [2.24, 2.45) is 7.05 Å². The monoisotopic (exact) mass is 316 g/mol. The minimum Gasteiger partial charge on any atom is -0.479 e. The standard InChI is InChI=1S/C16H20N4O3/c1-4-11-5-7-12(8-6-11)18-14(21)9-17-15(22)13-10-20(2)19-16(13)23-3/h5-8,10H,4,9H2,1-3H3,(H,17,22)(H,18,21). The second-order valence-electron chi connectivity index (χ2n) is 5.01. The zero-order chi connectivity index (χ0) is 16.8. The van der Waals surface area contributed by atoms with Crippen LogP contribution in [-0.2, 0) is 18.3 Å². The van der Waals surface area contributed by atoms with Crippen LogP contribution in [0.2, 0.25) is 0 Å². The van der Waals surface area contributed by atoms with Crippen molar-refractivity contribution in [3.63, 3.8) is 0 Å². The number of amides is 2. The summed E-state index contributed by atoms with van der Waals surface area (Å²) in [7, 11) is 3.12. The molecule has 7 heteroatoms. The van der Waals surface area contributed by atoms with Crippen molar-refractivity contribution in [1.82, 2.24) is 15.1 Å². The molecule has 1 aromatic heterocycles. The van der Waals surface area contributed by atoms with Gasteiger partial charge in [0.25, 0.3) is 5.91 Å². The molecule has 1 heterocycles. The van der Waals surface area contributed by atoms with Gasteiger partial charge in [-0.3, -0.25) is 14.3 Å². The number of aryl methyl sites for hydroxylation is 2. The Kier molecular flexibility index (Phi) is 5.35. The lowest BCUT2D eigenvalue weighted by molar-refractivity contribution is -0.115. The third kappa shape index (κ3) is 4.32. The quantitative estimate of drug-likeness (QED) is 0.842. The molecular weight excluding hydrogens is 296 g/mol. The zero-order valence-electron chi connectivity index (χ0n) is 13.4. The van der Waals surface area contributed by atoms with E-state index in [4.69, 9.17) is 4.74 Å². The minimum absolute atomic E-state index is 0.133. The van der Waals surface area contributed by atoms with Crippen LogP contribution in [0, 0.1) is 0 Å². The Morgan fingerprint density at radius 2 is 1.96 bits per heavy atom. The molecule has 2 aromatic rings. The van der Waals surface area contributed by atoms with Crippen molar-refractivity contribution in [2.45, 2.75) is 13.3 Å². The molecule has 23 heavy (non-hydrogen) atoms. The summed E-state index contributed by atoms with van der Waals surface area (Å²) in [6.07, 6.45) is 2.48. The molecule has 0 aliphatic heterocycles. The van der Waals surface area contributed by atoms with Gasteiger partial charge in [-0.25, -0.2) is 0 Å². The Hall–Kier alpha value is -2.83. The smallest absolute Gasteiger partial charge is 0.258 e. The molecule has 2 rings (SSSR count). The highest BCUT2D eigenvalue weighted by Gasteiger charge is 2.16. The fourth-order valence-electron chi connectivity index (χ4n) is 2.06. The summed E-state index contributed by atoms with van der Waals surface area (Å²) in [6.45, 7) is 1.93. The Bertz CT molecular complexity index is 692. The molecule has 0 atom stereocenters. The molecule has 0 fully saturated rings. The fourth-order valence-corrected chi connectivity index (χ4v) is 2.06. The van der Waals surface area contributed by atoms with E-state index in [1.807, 2.05) is 24.3 Å². The summed E-state index contributed by atoms with van der Waals surface area (Å²) in [6, 6.07) is 7.58. The number of hydrogen-bond donors (Lipinski definition) is 2. The van der Waals surface area contributed by atoms with Gasteiger partial charge in [-0.05, 0) is 24.1 Å². The van der Waals surface area contributed by atoms with Crippen molar-refractivity contribution in [1.29, 1.82) is 0 Å². The highest BCUT2D eigenvalue weighted by Crippen LogP contribution is 2.14. The van der Waals surface area contributed by atoms with E-state index < -0.39 is 5.91 Å². The molecule has 0 radical (unpaired) electrons. The van der Waals surface area contributed by atoms with Crippen LogP contribution in [0.4, 0.5) is 5.69 Å². The SMILES string of the molecule is CCc1ccc(NC(=O)CNC(=O)c2cn(C)nc2OC)cc1. The third-order valence-electron chi connectivity index (χ3n) is 3.29. The number of benzene rings is 1. The van der Waals surface area contributed by atoms with Crippen LogP contribution in [0.3, 0.4) is 0 Å². The third-order valence-corrected chi connectivity index (χ3v) is 3.29. The van der Waals surface area contributed by atoms with Gasteiger partial charge in [-0.15, -0.1) is 5.10 Å². The van der Waals surface area contributed by atoms with Gasteiger partial charge in [0, 0.05) is 18.9 Å². The van der Waals surface area contributed by atoms with Crippen LogP contribution in [-0.4, -0.2) is 35.2 Å². The van der Waals surface area contributed by atoms with Crippen LogP contribution >= 0.6 is 0 Å². The van der Waals surface area contributed by atoms with Gasteiger partial charge in [0.05, 0.1) is 13.7 Å². The molecular formula is C16H20N4O3. The van der Waals surface area contributed by atoms with E-state index >= 15 is 0 Å². The van der Waals surface area contributed by atoms with Crippen LogP contribution in [0.15, 0.2) is 30.5 Å². The summed E-state index contributed by atoms with van der Waals surface area (Å²) in [5.41, 5.74) is 2.18. The topological polar surface area (TPSA) is 85.3 Å². The van der Waals surface area contributed by atoms with E-state index in [9.17, 15) is 9.59 Å². The molecule has 0 saturated heterocycles. The van der Waals surface area contributed by atoms with Gasteiger partial charge in [-0.2, -0.15) is 0 Å². The van der Waals surface area contributed by atoms with Crippen LogP contribution in [0.1, 0.15) is 22.8 Å². The molecule has 7 nitrogen and oxygen atoms in total. The predicted octanol–water partition coefficient (Wildman–Crippen LogP) is 1.36.